The summed E-state index contributed by atoms with van der Waals surface area (Å²) in [7, 11) is 0. The number of carbonyl (C=O) groups excluding carboxylic acids is 1. The van der Waals surface area contributed by atoms with E-state index in [1.165, 1.54) is 6.21 Å². The Hall–Kier alpha value is -2.74. The highest BCUT2D eigenvalue weighted by Gasteiger charge is 2.15. The van der Waals surface area contributed by atoms with Crippen LogP contribution in [0.1, 0.15) is 22.8 Å². The number of nitrogens with one attached hydrogen (secondary N) is 1. The molecule has 3 rings (SSSR count). The minimum absolute atomic E-state index is 0.0487. The maximum absolute atomic E-state index is 12.2. The quantitative estimate of drug-likeness (QED) is 0.572. The number of phenolic OH excluding ortho intramolecular Hbond substituents is 1. The van der Waals surface area contributed by atoms with Crippen LogP contribution in [0.25, 0.3) is 0 Å². The van der Waals surface area contributed by atoms with Crippen LogP contribution in [0, 0.1) is 0 Å². The van der Waals surface area contributed by atoms with Crippen LogP contribution < -0.4 is 19.6 Å². The molecule has 2 aromatic rings. The van der Waals surface area contributed by atoms with Gasteiger partial charge in [0.2, 0.25) is 0 Å². The molecule has 0 saturated heterocycles. The van der Waals surface area contributed by atoms with Crippen molar-refractivity contribution in [3.63, 3.8) is 0 Å². The number of aromatic hydroxyl groups is 1. The average molecular weight is 421 g/mol. The Kier molecular flexibility index (Phi) is 5.62. The fourth-order valence-electron chi connectivity index (χ4n) is 2.37. The van der Waals surface area contributed by atoms with E-state index in [4.69, 9.17) is 14.2 Å². The maximum Gasteiger partial charge on any atom is 0.271 e. The van der Waals surface area contributed by atoms with Gasteiger partial charge in [-0.15, -0.1) is 0 Å². The molecule has 7 nitrogen and oxygen atoms in total. The molecule has 0 aliphatic carbocycles. The lowest BCUT2D eigenvalue weighted by atomic mass is 10.2. The van der Waals surface area contributed by atoms with E-state index in [9.17, 15) is 9.90 Å². The molecule has 0 unspecified atom stereocenters. The molecule has 0 radical (unpaired) electrons. The van der Waals surface area contributed by atoms with Crippen molar-refractivity contribution in [3.8, 4) is 23.0 Å². The molecule has 26 heavy (non-hydrogen) atoms. The second kappa shape index (κ2) is 8.09. The molecule has 0 atom stereocenters. The molecule has 1 aliphatic rings. The molecule has 0 saturated carbocycles. The molecule has 1 amide bonds. The second-order valence-corrected chi connectivity index (χ2v) is 6.25. The van der Waals surface area contributed by atoms with Crippen LogP contribution in [0.15, 0.2) is 39.9 Å². The van der Waals surface area contributed by atoms with Crippen molar-refractivity contribution in [2.75, 3.05) is 19.8 Å². The summed E-state index contributed by atoms with van der Waals surface area (Å²) < 4.78 is 17.0. The third-order valence-electron chi connectivity index (χ3n) is 3.54. The Balaban J connectivity index is 1.71. The monoisotopic (exact) mass is 420 g/mol. The third kappa shape index (κ3) is 4.08. The third-order valence-corrected chi connectivity index (χ3v) is 4.00. The number of halogens is 1. The van der Waals surface area contributed by atoms with E-state index in [2.05, 4.69) is 26.5 Å². The van der Waals surface area contributed by atoms with Gasteiger partial charge in [-0.2, -0.15) is 5.10 Å². The summed E-state index contributed by atoms with van der Waals surface area (Å²) in [5.41, 5.74) is 3.22. The van der Waals surface area contributed by atoms with Crippen LogP contribution in [0.4, 0.5) is 0 Å². The first kappa shape index (κ1) is 18.1. The Bertz CT molecular complexity index is 854. The number of hydrogen-bond acceptors (Lipinski definition) is 6. The summed E-state index contributed by atoms with van der Waals surface area (Å²) >= 11 is 3.34. The molecule has 2 N–H and O–H groups in total. The smallest absolute Gasteiger partial charge is 0.271 e. The van der Waals surface area contributed by atoms with Gasteiger partial charge in [-0.3, -0.25) is 4.79 Å². The van der Waals surface area contributed by atoms with Crippen molar-refractivity contribution in [1.82, 2.24) is 5.43 Å². The van der Waals surface area contributed by atoms with Crippen LogP contribution >= 0.6 is 15.9 Å². The number of carbonyl (C=O) groups is 1. The normalized spacial score (nSPS) is 12.8. The number of phenols is 1. The van der Waals surface area contributed by atoms with Crippen molar-refractivity contribution in [3.05, 3.63) is 45.9 Å². The summed E-state index contributed by atoms with van der Waals surface area (Å²) in [4.78, 5) is 12.2. The van der Waals surface area contributed by atoms with Gasteiger partial charge in [-0.25, -0.2) is 5.43 Å². The lowest BCUT2D eigenvalue weighted by Gasteiger charge is -2.18. The van der Waals surface area contributed by atoms with E-state index in [1.54, 1.807) is 30.3 Å². The van der Waals surface area contributed by atoms with Gasteiger partial charge in [0.25, 0.3) is 5.91 Å². The van der Waals surface area contributed by atoms with E-state index in [0.29, 0.717) is 48.2 Å². The molecule has 136 valence electrons. The van der Waals surface area contributed by atoms with E-state index in [1.807, 2.05) is 6.92 Å². The summed E-state index contributed by atoms with van der Waals surface area (Å²) in [6, 6.07) is 8.23. The summed E-state index contributed by atoms with van der Waals surface area (Å²) in [6.45, 7) is 3.17. The van der Waals surface area contributed by atoms with Crippen molar-refractivity contribution in [1.29, 1.82) is 0 Å². The van der Waals surface area contributed by atoms with E-state index in [-0.39, 0.29) is 5.75 Å². The van der Waals surface area contributed by atoms with Gasteiger partial charge in [-0.1, -0.05) is 15.9 Å². The summed E-state index contributed by atoms with van der Waals surface area (Å²) in [5.74, 6) is 1.02. The van der Waals surface area contributed by atoms with Crippen molar-refractivity contribution >= 4 is 28.1 Å². The first-order valence-corrected chi connectivity index (χ1v) is 8.76. The fraction of sp³-hybridized carbons (Fsp3) is 0.222. The first-order valence-electron chi connectivity index (χ1n) is 7.97. The Labute approximate surface area is 158 Å². The average Bonchev–Trinajstić information content (AvgIpc) is 2.65. The maximum atomic E-state index is 12.2. The zero-order valence-corrected chi connectivity index (χ0v) is 15.6. The lowest BCUT2D eigenvalue weighted by molar-refractivity contribution is 0.0954. The molecule has 0 spiro atoms. The zero-order chi connectivity index (χ0) is 18.5. The van der Waals surface area contributed by atoms with Crippen LogP contribution in [0.5, 0.6) is 23.0 Å². The predicted octanol–water partition coefficient (Wildman–Crippen LogP) is 3.09. The largest absolute Gasteiger partial charge is 0.504 e. The number of ether oxygens (including phenoxy) is 3. The van der Waals surface area contributed by atoms with E-state index >= 15 is 0 Å². The molecular weight excluding hydrogens is 404 g/mol. The highest BCUT2D eigenvalue weighted by atomic mass is 79.9. The number of hydrogen-bond donors (Lipinski definition) is 2. The Morgan fingerprint density at radius 1 is 1.31 bits per heavy atom. The topological polar surface area (TPSA) is 89.4 Å². The molecule has 8 heteroatoms. The van der Waals surface area contributed by atoms with E-state index < -0.39 is 5.91 Å². The van der Waals surface area contributed by atoms with Gasteiger partial charge in [0.1, 0.15) is 13.2 Å². The van der Waals surface area contributed by atoms with Gasteiger partial charge >= 0.3 is 0 Å². The Morgan fingerprint density at radius 3 is 2.85 bits per heavy atom. The Morgan fingerprint density at radius 2 is 2.08 bits per heavy atom. The van der Waals surface area contributed by atoms with Crippen molar-refractivity contribution < 1.29 is 24.1 Å². The molecule has 0 aromatic heterocycles. The van der Waals surface area contributed by atoms with Crippen LogP contribution in [0.2, 0.25) is 0 Å². The van der Waals surface area contributed by atoms with Gasteiger partial charge in [0.05, 0.1) is 12.8 Å². The van der Waals surface area contributed by atoms with Crippen LogP contribution in [-0.4, -0.2) is 37.0 Å². The minimum Gasteiger partial charge on any atom is -0.504 e. The van der Waals surface area contributed by atoms with Gasteiger partial charge in [0.15, 0.2) is 23.0 Å². The highest BCUT2D eigenvalue weighted by Crippen LogP contribution is 2.33. The minimum atomic E-state index is -0.405. The number of benzene rings is 2. The van der Waals surface area contributed by atoms with Gasteiger partial charge in [-0.05, 0) is 37.3 Å². The second-order valence-electron chi connectivity index (χ2n) is 5.33. The molecule has 0 bridgehead atoms. The van der Waals surface area contributed by atoms with Crippen molar-refractivity contribution in [2.24, 2.45) is 5.10 Å². The van der Waals surface area contributed by atoms with Crippen LogP contribution in [-0.2, 0) is 0 Å². The van der Waals surface area contributed by atoms with Gasteiger partial charge < -0.3 is 19.3 Å². The van der Waals surface area contributed by atoms with E-state index in [0.717, 1.165) is 4.47 Å². The highest BCUT2D eigenvalue weighted by molar-refractivity contribution is 9.10. The number of hydrazone groups is 1. The number of nitrogens with zero attached hydrogens (tertiary/aromatic N) is 1. The summed E-state index contributed by atoms with van der Waals surface area (Å²) in [5, 5.41) is 14.1. The molecule has 1 aliphatic heterocycles. The first-order chi connectivity index (χ1) is 12.6. The number of rotatable bonds is 5. The summed E-state index contributed by atoms with van der Waals surface area (Å²) in [6.07, 6.45) is 1.35. The molecular formula is C18H17BrN2O5. The van der Waals surface area contributed by atoms with Crippen molar-refractivity contribution in [2.45, 2.75) is 6.92 Å². The van der Waals surface area contributed by atoms with Gasteiger partial charge in [0, 0.05) is 15.6 Å². The molecule has 2 aromatic carbocycles. The zero-order valence-electron chi connectivity index (χ0n) is 14.0. The SMILES string of the molecule is CCOc1cc(Br)cc(/C=N/NC(=O)c2ccc3c(c2)OCCO3)c1O. The molecule has 1 heterocycles. The standard InChI is InChI=1S/C18H17BrN2O5/c1-2-24-16-9-13(19)7-12(17(16)22)10-20-21-18(23)11-3-4-14-15(8-11)26-6-5-25-14/h3-4,7-10,22H,2,5-6H2,1H3,(H,21,23)/b20-10+. The number of fused-ring (bicyclic) bond motifs is 1. The molecule has 0 fully saturated rings. The number of amides is 1. The lowest BCUT2D eigenvalue weighted by Crippen LogP contribution is -2.19. The fourth-order valence-corrected chi connectivity index (χ4v) is 2.82. The predicted molar refractivity (Wildman–Crippen MR) is 99.5 cm³/mol. The van der Waals surface area contributed by atoms with Crippen LogP contribution in [0.3, 0.4) is 0 Å².